The smallest absolute Gasteiger partial charge is 0.0638 e. The van der Waals surface area contributed by atoms with Crippen LogP contribution in [0.4, 0.5) is 0 Å². The summed E-state index contributed by atoms with van der Waals surface area (Å²) in [6.07, 6.45) is 0.594. The SMILES string of the molecule is COCCN(CC(C)C)C(C)CC#N. The van der Waals surface area contributed by atoms with E-state index in [1.54, 1.807) is 7.11 Å². The van der Waals surface area contributed by atoms with E-state index in [0.29, 0.717) is 18.4 Å². The quantitative estimate of drug-likeness (QED) is 0.627. The number of methoxy groups -OCH3 is 1. The van der Waals surface area contributed by atoms with Gasteiger partial charge in [-0.2, -0.15) is 5.26 Å². The van der Waals surface area contributed by atoms with Gasteiger partial charge in [-0.1, -0.05) is 13.8 Å². The van der Waals surface area contributed by atoms with Crippen LogP contribution in [0.3, 0.4) is 0 Å². The molecule has 3 nitrogen and oxygen atoms in total. The molecule has 0 aliphatic carbocycles. The molecule has 0 heterocycles. The normalized spacial score (nSPS) is 13.2. The zero-order valence-corrected chi connectivity index (χ0v) is 9.79. The van der Waals surface area contributed by atoms with Gasteiger partial charge in [0.1, 0.15) is 0 Å². The lowest BCUT2D eigenvalue weighted by Crippen LogP contribution is -2.38. The molecule has 1 atom stereocenters. The Kier molecular flexibility index (Phi) is 7.45. The molecule has 0 aromatic rings. The first-order valence-corrected chi connectivity index (χ1v) is 5.21. The lowest BCUT2D eigenvalue weighted by Gasteiger charge is -2.28. The van der Waals surface area contributed by atoms with Crippen LogP contribution < -0.4 is 0 Å². The summed E-state index contributed by atoms with van der Waals surface area (Å²) in [6.45, 7) is 9.17. The van der Waals surface area contributed by atoms with E-state index in [-0.39, 0.29) is 0 Å². The van der Waals surface area contributed by atoms with Crippen LogP contribution in [0.1, 0.15) is 27.2 Å². The van der Waals surface area contributed by atoms with Gasteiger partial charge in [0.2, 0.25) is 0 Å². The molecular formula is C11H22N2O. The van der Waals surface area contributed by atoms with Crippen LogP contribution in [-0.4, -0.2) is 37.7 Å². The van der Waals surface area contributed by atoms with Crippen molar-refractivity contribution in [1.82, 2.24) is 4.90 Å². The number of hydrogen-bond donors (Lipinski definition) is 0. The first kappa shape index (κ1) is 13.4. The fourth-order valence-corrected chi connectivity index (χ4v) is 1.43. The zero-order valence-electron chi connectivity index (χ0n) is 9.79. The number of rotatable bonds is 7. The molecule has 0 aromatic carbocycles. The summed E-state index contributed by atoms with van der Waals surface area (Å²) in [6, 6.07) is 2.55. The highest BCUT2D eigenvalue weighted by Gasteiger charge is 2.14. The Hall–Kier alpha value is -0.590. The molecule has 0 N–H and O–H groups in total. The predicted octanol–water partition coefficient (Wildman–Crippen LogP) is 1.89. The molecular weight excluding hydrogens is 176 g/mol. The predicted molar refractivity (Wildman–Crippen MR) is 58.0 cm³/mol. The van der Waals surface area contributed by atoms with E-state index < -0.39 is 0 Å². The highest BCUT2D eigenvalue weighted by Crippen LogP contribution is 2.06. The van der Waals surface area contributed by atoms with Gasteiger partial charge in [-0.15, -0.1) is 0 Å². The van der Waals surface area contributed by atoms with Crippen LogP contribution in [0.2, 0.25) is 0 Å². The van der Waals surface area contributed by atoms with Crippen molar-refractivity contribution in [2.45, 2.75) is 33.2 Å². The molecule has 82 valence electrons. The molecule has 0 fully saturated rings. The summed E-state index contributed by atoms with van der Waals surface area (Å²) < 4.78 is 5.06. The molecule has 0 aliphatic rings. The van der Waals surface area contributed by atoms with E-state index in [4.69, 9.17) is 10.00 Å². The fraction of sp³-hybridized carbons (Fsp3) is 0.909. The highest BCUT2D eigenvalue weighted by atomic mass is 16.5. The van der Waals surface area contributed by atoms with Gasteiger partial charge in [0.15, 0.2) is 0 Å². The molecule has 0 rings (SSSR count). The number of ether oxygens (including phenoxy) is 1. The molecule has 0 saturated carbocycles. The van der Waals surface area contributed by atoms with Crippen molar-refractivity contribution in [3.63, 3.8) is 0 Å². The zero-order chi connectivity index (χ0) is 11.0. The highest BCUT2D eigenvalue weighted by molar-refractivity contribution is 4.80. The third kappa shape index (κ3) is 5.95. The van der Waals surface area contributed by atoms with Crippen molar-refractivity contribution in [3.05, 3.63) is 0 Å². The second-order valence-corrected chi connectivity index (χ2v) is 4.09. The summed E-state index contributed by atoms with van der Waals surface area (Å²) >= 11 is 0. The first-order valence-electron chi connectivity index (χ1n) is 5.21. The molecule has 0 aliphatic heterocycles. The van der Waals surface area contributed by atoms with Crippen molar-refractivity contribution < 1.29 is 4.74 Å². The van der Waals surface area contributed by atoms with Crippen LogP contribution >= 0.6 is 0 Å². The minimum atomic E-state index is 0.331. The van der Waals surface area contributed by atoms with Gasteiger partial charge in [0.05, 0.1) is 19.1 Å². The Labute approximate surface area is 87.7 Å². The van der Waals surface area contributed by atoms with Crippen LogP contribution in [0.5, 0.6) is 0 Å². The number of nitriles is 1. The molecule has 14 heavy (non-hydrogen) atoms. The average Bonchev–Trinajstić information content (AvgIpc) is 2.12. The molecule has 3 heteroatoms. The van der Waals surface area contributed by atoms with Gasteiger partial charge in [0.25, 0.3) is 0 Å². The van der Waals surface area contributed by atoms with Gasteiger partial charge < -0.3 is 4.74 Å². The number of nitrogens with zero attached hydrogens (tertiary/aromatic N) is 2. The van der Waals surface area contributed by atoms with Crippen molar-refractivity contribution in [2.75, 3.05) is 26.8 Å². The van der Waals surface area contributed by atoms with E-state index in [9.17, 15) is 0 Å². The fourth-order valence-electron chi connectivity index (χ4n) is 1.43. The minimum absolute atomic E-state index is 0.331. The summed E-state index contributed by atoms with van der Waals surface area (Å²) in [5, 5.41) is 8.64. The molecule has 0 bridgehead atoms. The summed E-state index contributed by atoms with van der Waals surface area (Å²) in [4.78, 5) is 2.32. The monoisotopic (exact) mass is 198 g/mol. The topological polar surface area (TPSA) is 36.3 Å². The maximum absolute atomic E-state index is 8.64. The summed E-state index contributed by atoms with van der Waals surface area (Å²) in [7, 11) is 1.71. The van der Waals surface area contributed by atoms with Crippen LogP contribution in [-0.2, 0) is 4.74 Å². The Morgan fingerprint density at radius 3 is 2.43 bits per heavy atom. The van der Waals surface area contributed by atoms with E-state index in [2.05, 4.69) is 31.7 Å². The largest absolute Gasteiger partial charge is 0.383 e. The maximum Gasteiger partial charge on any atom is 0.0638 e. The Morgan fingerprint density at radius 1 is 1.36 bits per heavy atom. The van der Waals surface area contributed by atoms with E-state index in [1.165, 1.54) is 0 Å². The van der Waals surface area contributed by atoms with E-state index in [1.807, 2.05) is 0 Å². The van der Waals surface area contributed by atoms with Gasteiger partial charge in [-0.3, -0.25) is 4.90 Å². The lowest BCUT2D eigenvalue weighted by atomic mass is 10.1. The second-order valence-electron chi connectivity index (χ2n) is 4.09. The van der Waals surface area contributed by atoms with Crippen LogP contribution in [0, 0.1) is 17.2 Å². The Bertz CT molecular complexity index is 175. The average molecular weight is 198 g/mol. The van der Waals surface area contributed by atoms with Crippen molar-refractivity contribution in [2.24, 2.45) is 5.92 Å². The summed E-state index contributed by atoms with van der Waals surface area (Å²) in [5.41, 5.74) is 0. The van der Waals surface area contributed by atoms with E-state index >= 15 is 0 Å². The molecule has 0 radical (unpaired) electrons. The molecule has 0 spiro atoms. The van der Waals surface area contributed by atoms with E-state index in [0.717, 1.165) is 19.7 Å². The maximum atomic E-state index is 8.64. The first-order chi connectivity index (χ1) is 6.61. The van der Waals surface area contributed by atoms with Gasteiger partial charge >= 0.3 is 0 Å². The van der Waals surface area contributed by atoms with Gasteiger partial charge in [-0.05, 0) is 12.8 Å². The van der Waals surface area contributed by atoms with Crippen molar-refractivity contribution >= 4 is 0 Å². The Balaban J connectivity index is 4.02. The van der Waals surface area contributed by atoms with Gasteiger partial charge in [0, 0.05) is 26.2 Å². The Morgan fingerprint density at radius 2 is 2.00 bits per heavy atom. The number of hydrogen-bond acceptors (Lipinski definition) is 3. The third-order valence-corrected chi connectivity index (χ3v) is 2.19. The lowest BCUT2D eigenvalue weighted by molar-refractivity contribution is 0.116. The van der Waals surface area contributed by atoms with Gasteiger partial charge in [-0.25, -0.2) is 0 Å². The third-order valence-electron chi connectivity index (χ3n) is 2.19. The van der Waals surface area contributed by atoms with Crippen LogP contribution in [0.15, 0.2) is 0 Å². The second kappa shape index (κ2) is 7.78. The minimum Gasteiger partial charge on any atom is -0.383 e. The molecule has 0 amide bonds. The molecule has 0 saturated heterocycles. The molecule has 1 unspecified atom stereocenters. The summed E-state index contributed by atoms with van der Waals surface area (Å²) in [5.74, 6) is 0.632. The van der Waals surface area contributed by atoms with Crippen molar-refractivity contribution in [3.8, 4) is 6.07 Å². The van der Waals surface area contributed by atoms with Crippen LogP contribution in [0.25, 0.3) is 0 Å². The molecule has 0 aromatic heterocycles. The van der Waals surface area contributed by atoms with Crippen molar-refractivity contribution in [1.29, 1.82) is 5.26 Å². The standard InChI is InChI=1S/C11H22N2O/c1-10(2)9-13(7-8-14-4)11(3)5-6-12/h10-11H,5,7-9H2,1-4H3.